The van der Waals surface area contributed by atoms with Crippen LogP contribution in [0.1, 0.15) is 12.5 Å². The van der Waals surface area contributed by atoms with E-state index >= 15 is 0 Å². The molecule has 0 bridgehead atoms. The number of carbonyl (C=O) groups is 2. The third-order valence-corrected chi connectivity index (χ3v) is 2.30. The summed E-state index contributed by atoms with van der Waals surface area (Å²) in [5, 5.41) is 21.5. The van der Waals surface area contributed by atoms with E-state index in [1.54, 1.807) is 30.3 Å². The van der Waals surface area contributed by atoms with Crippen LogP contribution in [0, 0.1) is 5.41 Å². The summed E-state index contributed by atoms with van der Waals surface area (Å²) in [7, 11) is 0. The van der Waals surface area contributed by atoms with Crippen LogP contribution in [0.25, 0.3) is 0 Å². The van der Waals surface area contributed by atoms with Crippen LogP contribution in [0.4, 0.5) is 0 Å². The van der Waals surface area contributed by atoms with Crippen molar-refractivity contribution in [3.8, 4) is 0 Å². The van der Waals surface area contributed by atoms with Gasteiger partial charge in [0.2, 0.25) is 0 Å². The largest absolute Gasteiger partial charge is 2.00 e. The van der Waals surface area contributed by atoms with Gasteiger partial charge >= 0.3 is 37.7 Å². The third kappa shape index (κ3) is 3.47. The molecule has 16 heavy (non-hydrogen) atoms. The van der Waals surface area contributed by atoms with Crippen LogP contribution >= 0.6 is 0 Å². The molecule has 0 atom stereocenters. The summed E-state index contributed by atoms with van der Waals surface area (Å²) in [6.07, 6.45) is -0.140. The average Bonchev–Trinajstić information content (AvgIpc) is 2.18. The van der Waals surface area contributed by atoms with Crippen molar-refractivity contribution >= 4 is 49.7 Å². The van der Waals surface area contributed by atoms with Crippen LogP contribution in [0.15, 0.2) is 30.3 Å². The number of benzene rings is 1. The molecule has 1 aromatic carbocycles. The minimum atomic E-state index is -1.98. The van der Waals surface area contributed by atoms with Gasteiger partial charge in [-0.3, -0.25) is 0 Å². The van der Waals surface area contributed by atoms with Crippen molar-refractivity contribution in [1.29, 1.82) is 0 Å². The van der Waals surface area contributed by atoms with Gasteiger partial charge in [0.25, 0.3) is 0 Å². The van der Waals surface area contributed by atoms with Crippen LogP contribution in [0.2, 0.25) is 0 Å². The Morgan fingerprint density at radius 2 is 1.56 bits per heavy atom. The van der Waals surface area contributed by atoms with Gasteiger partial charge in [0.05, 0.1) is 17.4 Å². The van der Waals surface area contributed by atoms with E-state index in [-0.39, 0.29) is 44.2 Å². The maximum Gasteiger partial charge on any atom is 2.00 e. The van der Waals surface area contributed by atoms with Gasteiger partial charge in [-0.15, -0.1) is 0 Å². The van der Waals surface area contributed by atoms with Crippen LogP contribution < -0.4 is 10.2 Å². The first-order valence-electron chi connectivity index (χ1n) is 4.43. The molecule has 0 amide bonds. The SMILES string of the molecule is CC(Cc1ccccc1)(C(=O)[O-])C(=O)[O-].[Ca+2]. The van der Waals surface area contributed by atoms with Crippen LogP contribution in [0.3, 0.4) is 0 Å². The smallest absolute Gasteiger partial charge is 0.549 e. The first-order valence-corrected chi connectivity index (χ1v) is 4.43. The Morgan fingerprint density at radius 1 is 1.12 bits per heavy atom. The van der Waals surface area contributed by atoms with Gasteiger partial charge in [-0.1, -0.05) is 30.3 Å². The zero-order chi connectivity index (χ0) is 11.5. The second kappa shape index (κ2) is 6.23. The number of aliphatic carboxylic acids is 2. The molecule has 0 aliphatic heterocycles. The van der Waals surface area contributed by atoms with Gasteiger partial charge in [-0.05, 0) is 18.9 Å². The van der Waals surface area contributed by atoms with Gasteiger partial charge in [-0.25, -0.2) is 0 Å². The molecular formula is C11H10CaO4. The second-order valence-electron chi connectivity index (χ2n) is 3.57. The predicted molar refractivity (Wildman–Crippen MR) is 54.0 cm³/mol. The van der Waals surface area contributed by atoms with E-state index in [2.05, 4.69) is 0 Å². The van der Waals surface area contributed by atoms with Crippen molar-refractivity contribution in [3.63, 3.8) is 0 Å². The van der Waals surface area contributed by atoms with E-state index in [9.17, 15) is 19.8 Å². The van der Waals surface area contributed by atoms with Crippen molar-refractivity contribution in [1.82, 2.24) is 0 Å². The van der Waals surface area contributed by atoms with E-state index in [4.69, 9.17) is 0 Å². The molecule has 0 heterocycles. The van der Waals surface area contributed by atoms with Crippen LogP contribution in [0.5, 0.6) is 0 Å². The Morgan fingerprint density at radius 3 is 1.94 bits per heavy atom. The summed E-state index contributed by atoms with van der Waals surface area (Å²) in [4.78, 5) is 21.5. The Kier molecular flexibility index (Phi) is 6.00. The molecule has 4 nitrogen and oxygen atoms in total. The number of carboxylic acids is 2. The molecule has 1 aromatic rings. The van der Waals surface area contributed by atoms with Gasteiger partial charge in [0.1, 0.15) is 0 Å². The maximum absolute atomic E-state index is 10.7. The molecule has 0 aliphatic rings. The van der Waals surface area contributed by atoms with Gasteiger partial charge in [-0.2, -0.15) is 0 Å². The van der Waals surface area contributed by atoms with Crippen LogP contribution in [-0.4, -0.2) is 49.7 Å². The molecular weight excluding hydrogens is 236 g/mol. The molecule has 0 fully saturated rings. The van der Waals surface area contributed by atoms with Crippen molar-refractivity contribution < 1.29 is 19.8 Å². The Hall–Kier alpha value is -0.580. The molecule has 0 radical (unpaired) electrons. The van der Waals surface area contributed by atoms with E-state index in [0.29, 0.717) is 5.56 Å². The fourth-order valence-electron chi connectivity index (χ4n) is 1.23. The molecule has 5 heteroatoms. The minimum absolute atomic E-state index is 0. The summed E-state index contributed by atoms with van der Waals surface area (Å²) in [6.45, 7) is 1.09. The van der Waals surface area contributed by atoms with Crippen molar-refractivity contribution in [2.45, 2.75) is 13.3 Å². The number of carboxylic acid groups (broad SMARTS) is 2. The fourth-order valence-corrected chi connectivity index (χ4v) is 1.23. The second-order valence-corrected chi connectivity index (χ2v) is 3.57. The number of carbonyl (C=O) groups excluding carboxylic acids is 2. The van der Waals surface area contributed by atoms with Crippen molar-refractivity contribution in [2.24, 2.45) is 5.41 Å². The number of rotatable bonds is 4. The van der Waals surface area contributed by atoms with E-state index in [0.717, 1.165) is 6.92 Å². The Balaban J connectivity index is 0.00000225. The van der Waals surface area contributed by atoms with Crippen molar-refractivity contribution in [2.75, 3.05) is 0 Å². The summed E-state index contributed by atoms with van der Waals surface area (Å²) in [5.74, 6) is -3.27. The van der Waals surface area contributed by atoms with Gasteiger partial charge < -0.3 is 19.8 Å². The summed E-state index contributed by atoms with van der Waals surface area (Å²) < 4.78 is 0. The monoisotopic (exact) mass is 246 g/mol. The van der Waals surface area contributed by atoms with Gasteiger partial charge in [0, 0.05) is 0 Å². The van der Waals surface area contributed by atoms with E-state index in [1.807, 2.05) is 0 Å². The first kappa shape index (κ1) is 15.4. The maximum atomic E-state index is 10.7. The summed E-state index contributed by atoms with van der Waals surface area (Å²) >= 11 is 0. The Labute approximate surface area is 123 Å². The molecule has 0 aromatic heterocycles. The summed E-state index contributed by atoms with van der Waals surface area (Å²) in [5.41, 5.74) is -1.37. The third-order valence-electron chi connectivity index (χ3n) is 2.30. The molecule has 0 saturated heterocycles. The molecule has 0 aliphatic carbocycles. The first-order chi connectivity index (χ1) is 6.97. The molecule has 0 N–H and O–H groups in total. The van der Waals surface area contributed by atoms with Crippen LogP contribution in [-0.2, 0) is 16.0 Å². The Bertz CT molecular complexity index is 361. The zero-order valence-electron chi connectivity index (χ0n) is 8.93. The van der Waals surface area contributed by atoms with E-state index < -0.39 is 17.4 Å². The minimum Gasteiger partial charge on any atom is -0.549 e. The predicted octanol–water partition coefficient (Wildman–Crippen LogP) is -1.65. The summed E-state index contributed by atoms with van der Waals surface area (Å²) in [6, 6.07) is 8.49. The molecule has 80 valence electrons. The molecule has 0 saturated carbocycles. The van der Waals surface area contributed by atoms with E-state index in [1.165, 1.54) is 0 Å². The zero-order valence-corrected chi connectivity index (χ0v) is 11.1. The fraction of sp³-hybridized carbons (Fsp3) is 0.273. The number of hydrogen-bond acceptors (Lipinski definition) is 4. The van der Waals surface area contributed by atoms with Gasteiger partial charge in [0.15, 0.2) is 0 Å². The number of hydrogen-bond donors (Lipinski definition) is 0. The quantitative estimate of drug-likeness (QED) is 0.471. The molecule has 1 rings (SSSR count). The normalized spacial score (nSPS) is 10.3. The average molecular weight is 246 g/mol. The molecule has 0 unspecified atom stereocenters. The standard InChI is InChI=1S/C11H12O4.Ca/c1-11(9(12)13,10(14)15)7-8-5-3-2-4-6-8;/h2-6H,7H2,1H3,(H,12,13)(H,14,15);/q;+2/p-2. The van der Waals surface area contributed by atoms with Crippen molar-refractivity contribution in [3.05, 3.63) is 35.9 Å². The molecule has 0 spiro atoms. The topological polar surface area (TPSA) is 80.3 Å².